The number of piperazine rings is 1. The molecule has 40 heavy (non-hydrogen) atoms. The van der Waals surface area contributed by atoms with Crippen LogP contribution in [-0.2, 0) is 16.1 Å². The highest BCUT2D eigenvalue weighted by molar-refractivity contribution is 7.99. The SMILES string of the molecule is C=CC(=O)N1C[C@H](C)N(c2nc(=O)n3c4c(c(-c5cc(O)c(F)cc5F)c(C)cc24)SCC2(COC2)C3)C[C@H]1C. The van der Waals surface area contributed by atoms with Crippen LogP contribution in [0.25, 0.3) is 22.0 Å². The second-order valence-electron chi connectivity index (χ2n) is 11.2. The first kappa shape index (κ1) is 26.8. The van der Waals surface area contributed by atoms with Crippen molar-refractivity contribution in [3.63, 3.8) is 0 Å². The Labute approximate surface area is 234 Å². The van der Waals surface area contributed by atoms with Gasteiger partial charge in [-0.15, -0.1) is 11.8 Å². The number of aromatic nitrogens is 2. The summed E-state index contributed by atoms with van der Waals surface area (Å²) in [6.07, 6.45) is 1.31. The number of nitrogens with zero attached hydrogens (tertiary/aromatic N) is 4. The minimum Gasteiger partial charge on any atom is -0.505 e. The molecular weight excluding hydrogens is 538 g/mol. The van der Waals surface area contributed by atoms with Gasteiger partial charge in [-0.2, -0.15) is 4.98 Å². The quantitative estimate of drug-likeness (QED) is 0.477. The van der Waals surface area contributed by atoms with Gasteiger partial charge in [0.1, 0.15) is 11.6 Å². The number of ether oxygens (including phenoxy) is 1. The van der Waals surface area contributed by atoms with Gasteiger partial charge in [0.05, 0.1) is 18.7 Å². The van der Waals surface area contributed by atoms with Gasteiger partial charge in [0.2, 0.25) is 5.91 Å². The standard InChI is InChI=1S/C29H30F2N4O4S/c1-5-23(37)33-9-17(4)34(10-16(33)3)27-19-6-15(2)24(18-7-22(36)21(31)8-20(18)30)26-25(19)35(28(38)32-27)11-29(14-40-26)12-39-13-29/h5-8,16-17,36H,1,9-14H2,2-4H3/t16-,17+/m1/s1. The highest BCUT2D eigenvalue weighted by atomic mass is 32.2. The van der Waals surface area contributed by atoms with Crippen molar-refractivity contribution in [1.82, 2.24) is 14.5 Å². The Hall–Kier alpha value is -3.44. The van der Waals surface area contributed by atoms with Crippen LogP contribution in [-0.4, -0.2) is 69.6 Å². The fourth-order valence-corrected chi connectivity index (χ4v) is 7.59. The molecule has 8 nitrogen and oxygen atoms in total. The Morgan fingerprint density at radius 1 is 1.20 bits per heavy atom. The summed E-state index contributed by atoms with van der Waals surface area (Å²) in [5, 5.41) is 10.9. The maximum Gasteiger partial charge on any atom is 0.350 e. The highest BCUT2D eigenvalue weighted by Crippen LogP contribution is 2.48. The molecule has 0 bridgehead atoms. The number of carbonyl (C=O) groups is 1. The van der Waals surface area contributed by atoms with Crippen molar-refractivity contribution in [3.05, 3.63) is 58.5 Å². The van der Waals surface area contributed by atoms with Gasteiger partial charge >= 0.3 is 5.69 Å². The van der Waals surface area contributed by atoms with Crippen molar-refractivity contribution in [2.75, 3.05) is 37.0 Å². The molecule has 3 aliphatic heterocycles. The summed E-state index contributed by atoms with van der Waals surface area (Å²) in [6, 6.07) is 3.40. The van der Waals surface area contributed by atoms with E-state index in [1.165, 1.54) is 17.8 Å². The highest BCUT2D eigenvalue weighted by Gasteiger charge is 2.43. The van der Waals surface area contributed by atoms with Crippen LogP contribution in [0.5, 0.6) is 5.75 Å². The number of hydrogen-bond acceptors (Lipinski definition) is 7. The predicted octanol–water partition coefficient (Wildman–Crippen LogP) is 4.09. The van der Waals surface area contributed by atoms with Crippen molar-refractivity contribution >= 4 is 34.4 Å². The molecule has 2 aromatic carbocycles. The Morgan fingerprint density at radius 2 is 1.95 bits per heavy atom. The van der Waals surface area contributed by atoms with Crippen LogP contribution in [0.4, 0.5) is 14.6 Å². The van der Waals surface area contributed by atoms with E-state index < -0.39 is 23.1 Å². The fraction of sp³-hybridized carbons (Fsp3) is 0.414. The summed E-state index contributed by atoms with van der Waals surface area (Å²) in [6.45, 7) is 11.7. The summed E-state index contributed by atoms with van der Waals surface area (Å²) in [5.74, 6) is -1.47. The van der Waals surface area contributed by atoms with Gasteiger partial charge in [0.25, 0.3) is 0 Å². The van der Waals surface area contributed by atoms with E-state index in [4.69, 9.17) is 4.74 Å². The van der Waals surface area contributed by atoms with E-state index in [2.05, 4.69) is 16.5 Å². The van der Waals surface area contributed by atoms with Gasteiger partial charge in [0.15, 0.2) is 11.6 Å². The van der Waals surface area contributed by atoms with Crippen LogP contribution in [0, 0.1) is 24.0 Å². The van der Waals surface area contributed by atoms with Gasteiger partial charge in [-0.3, -0.25) is 9.36 Å². The lowest BCUT2D eigenvalue weighted by Crippen LogP contribution is -2.58. The molecule has 3 aromatic rings. The van der Waals surface area contributed by atoms with Gasteiger partial charge in [-0.25, -0.2) is 13.6 Å². The molecule has 0 radical (unpaired) electrons. The topological polar surface area (TPSA) is 87.9 Å². The maximum absolute atomic E-state index is 15.2. The van der Waals surface area contributed by atoms with Gasteiger partial charge in [-0.05, 0) is 44.5 Å². The molecule has 2 fully saturated rings. The van der Waals surface area contributed by atoms with Gasteiger partial charge in [0, 0.05) is 70.4 Å². The van der Waals surface area contributed by atoms with Crippen molar-refractivity contribution in [1.29, 1.82) is 0 Å². The second-order valence-corrected chi connectivity index (χ2v) is 12.2. The molecule has 0 saturated carbocycles. The van der Waals surface area contributed by atoms with E-state index in [1.807, 2.05) is 26.8 Å². The largest absolute Gasteiger partial charge is 0.505 e. The molecule has 1 aromatic heterocycles. The Kier molecular flexibility index (Phi) is 6.42. The van der Waals surface area contributed by atoms with Crippen LogP contribution in [0.2, 0.25) is 0 Å². The molecule has 0 unspecified atom stereocenters. The molecule has 6 rings (SSSR count). The molecule has 4 heterocycles. The number of rotatable bonds is 3. The van der Waals surface area contributed by atoms with Crippen LogP contribution in [0.15, 0.2) is 40.5 Å². The minimum absolute atomic E-state index is 0.0671. The summed E-state index contributed by atoms with van der Waals surface area (Å²) < 4.78 is 36.4. The van der Waals surface area contributed by atoms with Gasteiger partial charge in [-0.1, -0.05) is 6.58 Å². The number of halogens is 2. The zero-order valence-electron chi connectivity index (χ0n) is 22.5. The number of benzene rings is 2. The van der Waals surface area contributed by atoms with E-state index >= 15 is 4.39 Å². The number of thioether (sulfide) groups is 1. The summed E-state index contributed by atoms with van der Waals surface area (Å²) in [4.78, 5) is 35.3. The van der Waals surface area contributed by atoms with Crippen LogP contribution in [0.3, 0.4) is 0 Å². The van der Waals surface area contributed by atoms with Crippen molar-refractivity contribution in [2.45, 2.75) is 44.3 Å². The average molecular weight is 569 g/mol. The number of aromatic hydroxyl groups is 1. The normalized spacial score (nSPS) is 21.8. The molecular formula is C29H30F2N4O4S. The minimum atomic E-state index is -1.04. The molecule has 210 valence electrons. The summed E-state index contributed by atoms with van der Waals surface area (Å²) in [7, 11) is 0. The van der Waals surface area contributed by atoms with E-state index in [1.54, 1.807) is 9.47 Å². The molecule has 11 heteroatoms. The first-order valence-corrected chi connectivity index (χ1v) is 14.2. The van der Waals surface area contributed by atoms with E-state index in [0.717, 1.165) is 11.5 Å². The van der Waals surface area contributed by atoms with E-state index in [9.17, 15) is 19.1 Å². The molecule has 2 saturated heterocycles. The maximum atomic E-state index is 15.2. The molecule has 1 spiro atoms. The van der Waals surface area contributed by atoms with Crippen molar-refractivity contribution < 1.29 is 23.4 Å². The van der Waals surface area contributed by atoms with E-state index in [-0.39, 0.29) is 29.0 Å². The summed E-state index contributed by atoms with van der Waals surface area (Å²) >= 11 is 1.52. The first-order chi connectivity index (χ1) is 19.0. The number of phenols is 1. The van der Waals surface area contributed by atoms with Crippen LogP contribution < -0.4 is 10.6 Å². The fourth-order valence-electron chi connectivity index (χ4n) is 6.11. The van der Waals surface area contributed by atoms with Crippen LogP contribution in [0.1, 0.15) is 19.4 Å². The van der Waals surface area contributed by atoms with Crippen molar-refractivity contribution in [3.8, 4) is 16.9 Å². The Bertz CT molecular complexity index is 1640. The second kappa shape index (κ2) is 9.59. The number of anilines is 1. The first-order valence-electron chi connectivity index (χ1n) is 13.2. The third-order valence-corrected chi connectivity index (χ3v) is 9.69. The number of amides is 1. The average Bonchev–Trinajstić information content (AvgIpc) is 3.08. The molecule has 0 aliphatic carbocycles. The number of phenolic OH excluding ortho intramolecular Hbond substituents is 1. The third-order valence-electron chi connectivity index (χ3n) is 8.25. The molecule has 3 aliphatic rings. The van der Waals surface area contributed by atoms with Crippen molar-refractivity contribution in [2.24, 2.45) is 5.41 Å². The Morgan fingerprint density at radius 3 is 2.62 bits per heavy atom. The number of carbonyl (C=O) groups excluding carboxylic acids is 1. The smallest absolute Gasteiger partial charge is 0.350 e. The molecule has 1 amide bonds. The predicted molar refractivity (Wildman–Crippen MR) is 150 cm³/mol. The van der Waals surface area contributed by atoms with Crippen LogP contribution >= 0.6 is 11.8 Å². The monoisotopic (exact) mass is 568 g/mol. The molecule has 1 N–H and O–H groups in total. The zero-order valence-corrected chi connectivity index (χ0v) is 23.4. The van der Waals surface area contributed by atoms with E-state index in [0.29, 0.717) is 72.0 Å². The lowest BCUT2D eigenvalue weighted by Gasteiger charge is -2.44. The van der Waals surface area contributed by atoms with Gasteiger partial charge < -0.3 is 19.6 Å². The Balaban J connectivity index is 1.60. The summed E-state index contributed by atoms with van der Waals surface area (Å²) in [5.41, 5.74) is 1.23. The lowest BCUT2D eigenvalue weighted by atomic mass is 9.88. The number of hydrogen-bond donors (Lipinski definition) is 1. The third kappa shape index (κ3) is 4.09. The lowest BCUT2D eigenvalue weighted by molar-refractivity contribution is -0.128. The zero-order chi connectivity index (χ0) is 28.5. The molecule has 2 atom stereocenters. The number of aryl methyl sites for hydroxylation is 1.